The minimum absolute atomic E-state index is 0.0420. The number of hydrogen-bond donors (Lipinski definition) is 1. The molecule has 0 amide bonds. The SMILES string of the molecule is COc1ccc(-c2nnc(S/C(=N/Nc3ccc([N+](=O)[O-])cc3)C(=O)c3ccccc3)n2C)cc1. The van der Waals surface area contributed by atoms with Crippen molar-refractivity contribution in [2.45, 2.75) is 5.16 Å². The standard InChI is InChI=1S/C24H20N6O4S/c1-29-22(17-8-14-20(34-2)15-9-17)26-28-24(29)35-23(21(31)16-6-4-3-5-7-16)27-25-18-10-12-19(13-11-18)30(32)33/h3-15,25H,1-2H3/b27-23+. The molecule has 0 saturated heterocycles. The predicted octanol–water partition coefficient (Wildman–Crippen LogP) is 4.80. The van der Waals surface area contributed by atoms with Crippen LogP contribution in [0, 0.1) is 10.1 Å². The molecule has 11 heteroatoms. The minimum atomic E-state index is -0.484. The quantitative estimate of drug-likeness (QED) is 0.0936. The van der Waals surface area contributed by atoms with E-state index in [1.807, 2.05) is 30.3 Å². The molecule has 1 heterocycles. The van der Waals surface area contributed by atoms with Crippen LogP contribution in [0.4, 0.5) is 11.4 Å². The van der Waals surface area contributed by atoms with Gasteiger partial charge in [-0.25, -0.2) is 0 Å². The van der Waals surface area contributed by atoms with Gasteiger partial charge in [-0.15, -0.1) is 10.2 Å². The van der Waals surface area contributed by atoms with E-state index in [9.17, 15) is 14.9 Å². The van der Waals surface area contributed by atoms with E-state index >= 15 is 0 Å². The summed E-state index contributed by atoms with van der Waals surface area (Å²) in [7, 11) is 3.40. The first-order valence-corrected chi connectivity index (χ1v) is 11.2. The fraction of sp³-hybridized carbons (Fsp3) is 0.0833. The molecule has 0 atom stereocenters. The molecule has 0 unspecified atom stereocenters. The Labute approximate surface area is 204 Å². The number of aromatic nitrogens is 3. The third-order valence-electron chi connectivity index (χ3n) is 4.97. The Hall–Kier alpha value is -4.51. The number of nitrogens with zero attached hydrogens (tertiary/aromatic N) is 5. The molecule has 4 aromatic rings. The van der Waals surface area contributed by atoms with Crippen LogP contribution in [0.1, 0.15) is 10.4 Å². The van der Waals surface area contributed by atoms with Gasteiger partial charge in [-0.2, -0.15) is 5.10 Å². The number of carbonyl (C=O) groups is 1. The summed E-state index contributed by atoms with van der Waals surface area (Å²) in [6.45, 7) is 0. The van der Waals surface area contributed by atoms with E-state index in [-0.39, 0.29) is 16.5 Å². The van der Waals surface area contributed by atoms with E-state index in [0.717, 1.165) is 23.1 Å². The zero-order valence-corrected chi connectivity index (χ0v) is 19.6. The van der Waals surface area contributed by atoms with Crippen molar-refractivity contribution in [1.82, 2.24) is 14.8 Å². The van der Waals surface area contributed by atoms with Crippen LogP contribution in [0.5, 0.6) is 5.75 Å². The highest BCUT2D eigenvalue weighted by Crippen LogP contribution is 2.26. The van der Waals surface area contributed by atoms with Crippen molar-refractivity contribution in [3.63, 3.8) is 0 Å². The summed E-state index contributed by atoms with van der Waals surface area (Å²) in [6, 6.07) is 21.9. The van der Waals surface area contributed by atoms with Gasteiger partial charge in [0.2, 0.25) is 5.78 Å². The number of thioether (sulfide) groups is 1. The number of Topliss-reactive ketones (excluding diaryl/α,β-unsaturated/α-hetero) is 1. The summed E-state index contributed by atoms with van der Waals surface area (Å²) >= 11 is 1.06. The van der Waals surface area contributed by atoms with Gasteiger partial charge in [-0.3, -0.25) is 20.3 Å². The molecule has 1 aromatic heterocycles. The Morgan fingerprint density at radius 3 is 2.34 bits per heavy atom. The molecule has 176 valence electrons. The van der Waals surface area contributed by atoms with Gasteiger partial charge in [-0.1, -0.05) is 30.3 Å². The van der Waals surface area contributed by atoms with Crippen molar-refractivity contribution in [2.75, 3.05) is 12.5 Å². The second-order valence-electron chi connectivity index (χ2n) is 7.22. The van der Waals surface area contributed by atoms with Crippen LogP contribution < -0.4 is 10.2 Å². The largest absolute Gasteiger partial charge is 0.497 e. The summed E-state index contributed by atoms with van der Waals surface area (Å²) in [4.78, 5) is 23.6. The van der Waals surface area contributed by atoms with Gasteiger partial charge in [-0.05, 0) is 48.2 Å². The van der Waals surface area contributed by atoms with Gasteiger partial charge >= 0.3 is 0 Å². The number of nitrogens with one attached hydrogen (secondary N) is 1. The molecule has 10 nitrogen and oxygen atoms in total. The van der Waals surface area contributed by atoms with E-state index in [1.54, 1.807) is 43.0 Å². The van der Waals surface area contributed by atoms with E-state index < -0.39 is 4.92 Å². The highest BCUT2D eigenvalue weighted by atomic mass is 32.2. The third kappa shape index (κ3) is 5.53. The van der Waals surface area contributed by atoms with Crippen molar-refractivity contribution in [2.24, 2.45) is 12.1 Å². The normalized spacial score (nSPS) is 11.2. The summed E-state index contributed by atoms with van der Waals surface area (Å²) in [6.07, 6.45) is 0. The molecule has 0 aliphatic heterocycles. The molecule has 0 aliphatic carbocycles. The number of hydrazone groups is 1. The molecule has 0 aliphatic rings. The maximum absolute atomic E-state index is 13.2. The second kappa shape index (κ2) is 10.6. The zero-order chi connectivity index (χ0) is 24.8. The first-order valence-electron chi connectivity index (χ1n) is 10.4. The molecule has 0 saturated carbocycles. The number of benzene rings is 3. The van der Waals surface area contributed by atoms with E-state index in [4.69, 9.17) is 4.74 Å². The lowest BCUT2D eigenvalue weighted by atomic mass is 10.1. The van der Waals surface area contributed by atoms with E-state index in [0.29, 0.717) is 22.2 Å². The van der Waals surface area contributed by atoms with Crippen LogP contribution in [0.15, 0.2) is 89.1 Å². The van der Waals surface area contributed by atoms with Crippen molar-refractivity contribution in [1.29, 1.82) is 0 Å². The molecule has 3 aromatic carbocycles. The Balaban J connectivity index is 1.62. The molecule has 0 fully saturated rings. The Bertz CT molecular complexity index is 1370. The Kier molecular flexibility index (Phi) is 7.17. The first-order chi connectivity index (χ1) is 17.0. The topological polar surface area (TPSA) is 125 Å². The average molecular weight is 489 g/mol. The lowest BCUT2D eigenvalue weighted by Crippen LogP contribution is -2.14. The van der Waals surface area contributed by atoms with E-state index in [1.165, 1.54) is 24.3 Å². The molecule has 0 bridgehead atoms. The van der Waals surface area contributed by atoms with Gasteiger partial charge < -0.3 is 9.30 Å². The van der Waals surface area contributed by atoms with E-state index in [2.05, 4.69) is 20.7 Å². The van der Waals surface area contributed by atoms with Gasteiger partial charge in [0, 0.05) is 30.3 Å². The summed E-state index contributed by atoms with van der Waals surface area (Å²) in [5, 5.41) is 24.3. The van der Waals surface area contributed by atoms with Gasteiger partial charge in [0.15, 0.2) is 16.0 Å². The van der Waals surface area contributed by atoms with Crippen LogP contribution in [-0.4, -0.2) is 37.6 Å². The van der Waals surface area contributed by atoms with Crippen molar-refractivity contribution in [3.05, 3.63) is 94.5 Å². The number of ketones is 1. The van der Waals surface area contributed by atoms with Gasteiger partial charge in [0.25, 0.3) is 5.69 Å². The van der Waals surface area contributed by atoms with Crippen molar-refractivity contribution >= 4 is 34.0 Å². The van der Waals surface area contributed by atoms with Crippen LogP contribution in [0.3, 0.4) is 0 Å². The fourth-order valence-corrected chi connectivity index (χ4v) is 3.87. The number of nitro benzene ring substituents is 1. The monoisotopic (exact) mass is 488 g/mol. The number of carbonyl (C=O) groups excluding carboxylic acids is 1. The molecular formula is C24H20N6O4S. The maximum Gasteiger partial charge on any atom is 0.269 e. The van der Waals surface area contributed by atoms with Crippen molar-refractivity contribution in [3.8, 4) is 17.1 Å². The van der Waals surface area contributed by atoms with Crippen LogP contribution in [0.2, 0.25) is 0 Å². The van der Waals surface area contributed by atoms with Crippen LogP contribution in [-0.2, 0) is 7.05 Å². The predicted molar refractivity (Wildman–Crippen MR) is 134 cm³/mol. The number of anilines is 1. The Morgan fingerprint density at radius 1 is 1.03 bits per heavy atom. The average Bonchev–Trinajstić information content (AvgIpc) is 3.26. The molecule has 4 rings (SSSR count). The summed E-state index contributed by atoms with van der Waals surface area (Å²) < 4.78 is 6.97. The maximum atomic E-state index is 13.2. The van der Waals surface area contributed by atoms with Crippen LogP contribution in [0.25, 0.3) is 11.4 Å². The van der Waals surface area contributed by atoms with Gasteiger partial charge in [0.1, 0.15) is 5.75 Å². The fourth-order valence-electron chi connectivity index (χ4n) is 3.09. The number of non-ortho nitro benzene ring substituents is 1. The third-order valence-corrected chi connectivity index (χ3v) is 5.97. The molecule has 1 N–H and O–H groups in total. The molecule has 0 spiro atoms. The van der Waals surface area contributed by atoms with Crippen molar-refractivity contribution < 1.29 is 14.5 Å². The smallest absolute Gasteiger partial charge is 0.269 e. The second-order valence-corrected chi connectivity index (χ2v) is 8.18. The van der Waals surface area contributed by atoms with Crippen LogP contribution >= 0.6 is 11.8 Å². The number of hydrogen-bond acceptors (Lipinski definition) is 9. The lowest BCUT2D eigenvalue weighted by Gasteiger charge is -2.08. The number of rotatable bonds is 8. The number of ether oxygens (including phenoxy) is 1. The Morgan fingerprint density at radius 2 is 1.71 bits per heavy atom. The first kappa shape index (κ1) is 23.6. The lowest BCUT2D eigenvalue weighted by molar-refractivity contribution is -0.384. The van der Waals surface area contributed by atoms with Gasteiger partial charge in [0.05, 0.1) is 17.7 Å². The summed E-state index contributed by atoms with van der Waals surface area (Å²) in [5.41, 5.74) is 4.55. The highest BCUT2D eigenvalue weighted by Gasteiger charge is 2.21. The minimum Gasteiger partial charge on any atom is -0.497 e. The summed E-state index contributed by atoms with van der Waals surface area (Å²) in [5.74, 6) is 1.04. The number of methoxy groups -OCH3 is 1. The molecular weight excluding hydrogens is 468 g/mol. The molecule has 35 heavy (non-hydrogen) atoms. The zero-order valence-electron chi connectivity index (χ0n) is 18.8. The molecule has 0 radical (unpaired) electrons. The number of nitro groups is 1. The highest BCUT2D eigenvalue weighted by molar-refractivity contribution is 8.15.